The van der Waals surface area contributed by atoms with Crippen molar-refractivity contribution in [3.63, 3.8) is 0 Å². The third-order valence-corrected chi connectivity index (χ3v) is 3.79. The van der Waals surface area contributed by atoms with E-state index >= 15 is 0 Å². The van der Waals surface area contributed by atoms with E-state index in [-0.39, 0.29) is 6.61 Å². The minimum absolute atomic E-state index is 0.249. The highest BCUT2D eigenvalue weighted by atomic mass is 16.5. The first-order valence-electron chi connectivity index (χ1n) is 7.06. The lowest BCUT2D eigenvalue weighted by atomic mass is 10.1. The summed E-state index contributed by atoms with van der Waals surface area (Å²) in [5.41, 5.74) is 0. The summed E-state index contributed by atoms with van der Waals surface area (Å²) in [5.74, 6) is 0. The van der Waals surface area contributed by atoms with Crippen LogP contribution in [0.5, 0.6) is 0 Å². The molecule has 0 aromatic heterocycles. The number of hydrogen-bond donors (Lipinski definition) is 2. The van der Waals surface area contributed by atoms with E-state index in [0.717, 1.165) is 32.8 Å². The van der Waals surface area contributed by atoms with Crippen molar-refractivity contribution in [1.82, 2.24) is 10.2 Å². The van der Waals surface area contributed by atoms with E-state index in [1.807, 2.05) is 0 Å². The largest absolute Gasteiger partial charge is 0.395 e. The standard InChI is InChI=1S/C13H26N2O2/c16-8-7-15(10-12-4-3-6-14-12)11-13-5-1-2-9-17-13/h12-14,16H,1-11H2. The molecule has 0 radical (unpaired) electrons. The zero-order valence-corrected chi connectivity index (χ0v) is 10.7. The van der Waals surface area contributed by atoms with Crippen LogP contribution in [0.2, 0.25) is 0 Å². The molecule has 2 heterocycles. The van der Waals surface area contributed by atoms with Gasteiger partial charge in [0.1, 0.15) is 0 Å². The lowest BCUT2D eigenvalue weighted by molar-refractivity contribution is -0.00912. The predicted octanol–water partition coefficient (Wildman–Crippen LogP) is 0.602. The van der Waals surface area contributed by atoms with Gasteiger partial charge in [0.15, 0.2) is 0 Å². The molecule has 2 saturated heterocycles. The van der Waals surface area contributed by atoms with Gasteiger partial charge in [-0.25, -0.2) is 0 Å². The predicted molar refractivity (Wildman–Crippen MR) is 68.1 cm³/mol. The molecule has 4 heteroatoms. The summed E-state index contributed by atoms with van der Waals surface area (Å²) in [4.78, 5) is 2.36. The molecule has 0 aromatic rings. The number of aliphatic hydroxyl groups is 1. The van der Waals surface area contributed by atoms with Gasteiger partial charge in [-0.2, -0.15) is 0 Å². The van der Waals surface area contributed by atoms with Gasteiger partial charge in [0.2, 0.25) is 0 Å². The van der Waals surface area contributed by atoms with Gasteiger partial charge < -0.3 is 15.2 Å². The average molecular weight is 242 g/mol. The maximum atomic E-state index is 9.14. The first kappa shape index (κ1) is 13.3. The lowest BCUT2D eigenvalue weighted by Gasteiger charge is -2.31. The van der Waals surface area contributed by atoms with Crippen molar-refractivity contribution in [2.45, 2.75) is 44.2 Å². The fourth-order valence-electron chi connectivity index (χ4n) is 2.86. The fraction of sp³-hybridized carbons (Fsp3) is 1.00. The molecule has 0 aliphatic carbocycles. The normalized spacial score (nSPS) is 30.0. The van der Waals surface area contributed by atoms with E-state index in [1.165, 1.54) is 32.1 Å². The van der Waals surface area contributed by atoms with E-state index < -0.39 is 0 Å². The van der Waals surface area contributed by atoms with Crippen LogP contribution in [-0.2, 0) is 4.74 Å². The minimum atomic E-state index is 0.249. The van der Waals surface area contributed by atoms with Crippen LogP contribution in [0.25, 0.3) is 0 Å². The lowest BCUT2D eigenvalue weighted by Crippen LogP contribution is -2.43. The number of hydrogen-bond acceptors (Lipinski definition) is 4. The van der Waals surface area contributed by atoms with E-state index in [2.05, 4.69) is 10.2 Å². The minimum Gasteiger partial charge on any atom is -0.395 e. The van der Waals surface area contributed by atoms with Crippen LogP contribution in [-0.4, -0.2) is 61.5 Å². The van der Waals surface area contributed by atoms with Crippen LogP contribution < -0.4 is 5.32 Å². The van der Waals surface area contributed by atoms with Crippen molar-refractivity contribution in [2.24, 2.45) is 0 Å². The molecule has 2 aliphatic rings. The van der Waals surface area contributed by atoms with Gasteiger partial charge in [-0.15, -0.1) is 0 Å². The molecular weight excluding hydrogens is 216 g/mol. The quantitative estimate of drug-likeness (QED) is 0.716. The van der Waals surface area contributed by atoms with Gasteiger partial charge in [0.05, 0.1) is 12.7 Å². The van der Waals surface area contributed by atoms with E-state index in [0.29, 0.717) is 12.1 Å². The third-order valence-electron chi connectivity index (χ3n) is 3.79. The average Bonchev–Trinajstić information content (AvgIpc) is 2.83. The molecule has 0 saturated carbocycles. The van der Waals surface area contributed by atoms with Crippen molar-refractivity contribution in [1.29, 1.82) is 0 Å². The molecule has 2 atom stereocenters. The number of ether oxygens (including phenoxy) is 1. The Hall–Kier alpha value is -0.160. The molecular formula is C13H26N2O2. The van der Waals surface area contributed by atoms with Crippen molar-refractivity contribution >= 4 is 0 Å². The van der Waals surface area contributed by atoms with Gasteiger partial charge in [0.25, 0.3) is 0 Å². The molecule has 17 heavy (non-hydrogen) atoms. The number of aliphatic hydroxyl groups excluding tert-OH is 1. The van der Waals surface area contributed by atoms with Crippen molar-refractivity contribution in [3.05, 3.63) is 0 Å². The summed E-state index contributed by atoms with van der Waals surface area (Å²) in [6.45, 7) is 5.13. The molecule has 100 valence electrons. The van der Waals surface area contributed by atoms with Crippen LogP contribution in [0.15, 0.2) is 0 Å². The summed E-state index contributed by atoms with van der Waals surface area (Å²) in [5, 5.41) is 12.7. The Bertz CT molecular complexity index is 202. The highest BCUT2D eigenvalue weighted by Crippen LogP contribution is 2.15. The molecule has 0 spiro atoms. The Morgan fingerprint density at radius 3 is 2.76 bits per heavy atom. The summed E-state index contributed by atoms with van der Waals surface area (Å²) in [7, 11) is 0. The first-order chi connectivity index (χ1) is 8.38. The van der Waals surface area contributed by atoms with Gasteiger partial charge in [-0.1, -0.05) is 0 Å². The summed E-state index contributed by atoms with van der Waals surface area (Å²) in [6, 6.07) is 0.616. The molecule has 2 fully saturated rings. The Morgan fingerprint density at radius 1 is 1.18 bits per heavy atom. The Kier molecular flexibility index (Phi) is 5.71. The number of rotatable bonds is 6. The Balaban J connectivity index is 1.74. The molecule has 0 bridgehead atoms. The van der Waals surface area contributed by atoms with Gasteiger partial charge in [-0.3, -0.25) is 4.90 Å². The van der Waals surface area contributed by atoms with E-state index in [9.17, 15) is 0 Å². The van der Waals surface area contributed by atoms with E-state index in [1.54, 1.807) is 0 Å². The highest BCUT2D eigenvalue weighted by molar-refractivity contribution is 4.79. The second-order valence-corrected chi connectivity index (χ2v) is 5.27. The maximum absolute atomic E-state index is 9.14. The maximum Gasteiger partial charge on any atom is 0.0702 e. The van der Waals surface area contributed by atoms with Gasteiger partial charge >= 0.3 is 0 Å². The van der Waals surface area contributed by atoms with Gasteiger partial charge in [-0.05, 0) is 38.6 Å². The van der Waals surface area contributed by atoms with Crippen molar-refractivity contribution < 1.29 is 9.84 Å². The van der Waals surface area contributed by atoms with Crippen LogP contribution in [0.4, 0.5) is 0 Å². The SMILES string of the molecule is OCCN(CC1CCCN1)CC1CCCCO1. The smallest absolute Gasteiger partial charge is 0.0702 e. The fourth-order valence-corrected chi connectivity index (χ4v) is 2.86. The second kappa shape index (κ2) is 7.31. The summed E-state index contributed by atoms with van der Waals surface area (Å²) >= 11 is 0. The second-order valence-electron chi connectivity index (χ2n) is 5.27. The van der Waals surface area contributed by atoms with Crippen LogP contribution in [0.3, 0.4) is 0 Å². The summed E-state index contributed by atoms with van der Waals surface area (Å²) in [6.07, 6.45) is 6.63. The summed E-state index contributed by atoms with van der Waals surface area (Å²) < 4.78 is 5.78. The Labute approximate surface area is 104 Å². The highest BCUT2D eigenvalue weighted by Gasteiger charge is 2.21. The zero-order valence-electron chi connectivity index (χ0n) is 10.7. The molecule has 0 amide bonds. The molecule has 2 N–H and O–H groups in total. The van der Waals surface area contributed by atoms with Gasteiger partial charge in [0, 0.05) is 32.3 Å². The molecule has 2 unspecified atom stereocenters. The molecule has 2 rings (SSSR count). The third kappa shape index (κ3) is 4.54. The molecule has 2 aliphatic heterocycles. The molecule has 4 nitrogen and oxygen atoms in total. The molecule has 0 aromatic carbocycles. The van der Waals surface area contributed by atoms with Crippen LogP contribution in [0, 0.1) is 0 Å². The number of nitrogens with one attached hydrogen (secondary N) is 1. The monoisotopic (exact) mass is 242 g/mol. The van der Waals surface area contributed by atoms with Crippen molar-refractivity contribution in [3.8, 4) is 0 Å². The first-order valence-corrected chi connectivity index (χ1v) is 7.06. The van der Waals surface area contributed by atoms with Crippen LogP contribution in [0.1, 0.15) is 32.1 Å². The van der Waals surface area contributed by atoms with Crippen LogP contribution >= 0.6 is 0 Å². The topological polar surface area (TPSA) is 44.7 Å². The van der Waals surface area contributed by atoms with Crippen molar-refractivity contribution in [2.75, 3.05) is 39.4 Å². The zero-order chi connectivity index (χ0) is 11.9. The number of nitrogens with zero attached hydrogens (tertiary/aromatic N) is 1. The Morgan fingerprint density at radius 2 is 2.12 bits per heavy atom. The van der Waals surface area contributed by atoms with E-state index in [4.69, 9.17) is 9.84 Å².